The van der Waals surface area contributed by atoms with Crippen molar-refractivity contribution in [2.45, 2.75) is 81.1 Å². The molecule has 2 aromatic heterocycles. The van der Waals surface area contributed by atoms with Gasteiger partial charge in [0.1, 0.15) is 5.65 Å². The van der Waals surface area contributed by atoms with Gasteiger partial charge in [-0.3, -0.25) is 10.00 Å². The van der Waals surface area contributed by atoms with E-state index in [0.717, 1.165) is 41.5 Å². The molecule has 4 rings (SSSR count). The number of benzene rings is 1. The average Bonchev–Trinajstić information content (AvgIpc) is 3.52. The monoisotopic (exact) mass is 623 g/mol. The van der Waals surface area contributed by atoms with Crippen LogP contribution in [0.25, 0.3) is 31.6 Å². The van der Waals surface area contributed by atoms with E-state index in [0.29, 0.717) is 53.2 Å². The highest BCUT2D eigenvalue weighted by molar-refractivity contribution is 5.80. The van der Waals surface area contributed by atoms with E-state index < -0.39 is 6.09 Å². The first kappa shape index (κ1) is 34.6. The Morgan fingerprint density at radius 3 is 2.39 bits per heavy atom. The fourth-order valence-electron chi connectivity index (χ4n) is 7.46. The molecular weight excluding hydrogens is 574 g/mol. The Balaban J connectivity index is 1.89. The fourth-order valence-corrected chi connectivity index (χ4v) is 7.46. The average molecular weight is 624 g/mol. The van der Waals surface area contributed by atoms with Crippen LogP contribution in [0.2, 0.25) is 0 Å². The minimum atomic E-state index is -0.678. The van der Waals surface area contributed by atoms with E-state index in [1.807, 2.05) is 13.8 Å². The van der Waals surface area contributed by atoms with E-state index in [1.54, 1.807) is 4.52 Å². The van der Waals surface area contributed by atoms with Gasteiger partial charge in [0.15, 0.2) is 5.82 Å². The summed E-state index contributed by atoms with van der Waals surface area (Å²) in [5.41, 5.74) is 4.90. The normalized spacial score (nSPS) is 19.9. The highest BCUT2D eigenvalue weighted by Crippen LogP contribution is 2.51. The van der Waals surface area contributed by atoms with E-state index in [1.165, 1.54) is 4.90 Å². The molecule has 0 radical (unpaired) electrons. The Bertz CT molecular complexity index is 1650. The first-order valence-corrected chi connectivity index (χ1v) is 16.5. The first-order chi connectivity index (χ1) is 21.8. The third-order valence-electron chi connectivity index (χ3n) is 9.58. The Morgan fingerprint density at radius 2 is 1.80 bits per heavy atom. The number of aromatic nitrogens is 3. The van der Waals surface area contributed by atoms with Crippen LogP contribution in [0.3, 0.4) is 0 Å². The number of H-pyrrole nitrogens is 1. The van der Waals surface area contributed by atoms with Crippen LogP contribution in [-0.4, -0.2) is 51.8 Å². The minimum Gasteiger partial charge on any atom is -0.402 e. The van der Waals surface area contributed by atoms with Crippen molar-refractivity contribution >= 4 is 17.4 Å². The Hall–Kier alpha value is -4.29. The van der Waals surface area contributed by atoms with Crippen LogP contribution in [0.4, 0.5) is 10.5 Å². The van der Waals surface area contributed by atoms with E-state index in [2.05, 4.69) is 79.4 Å². The number of ether oxygens (including phenoxy) is 1. The van der Waals surface area contributed by atoms with Gasteiger partial charge in [0, 0.05) is 11.1 Å². The highest BCUT2D eigenvalue weighted by Gasteiger charge is 2.43. The van der Waals surface area contributed by atoms with Crippen molar-refractivity contribution in [3.63, 3.8) is 0 Å². The van der Waals surface area contributed by atoms with Gasteiger partial charge in [-0.15, -0.1) is 0 Å². The molecule has 1 saturated carbocycles. The summed E-state index contributed by atoms with van der Waals surface area (Å²) in [7, 11) is 0. The standard InChI is InChI=1S/C37H49N7O2/c1-23(2)18-27-19-25(4)21-31(37(6,7)8)29(27)22-30-32(40-11)35(46-36(45)43(16-14-38-9)17-15-39-10)44-34(30)41-33(42-44)28-20-24(3)12-13-26(28)5/h12-13,20,23,25,27,29,31H,14-19,21-22H2,1-8H3,(H,41,42). The molecule has 2 heterocycles. The van der Waals surface area contributed by atoms with Crippen LogP contribution in [0.1, 0.15) is 77.5 Å². The molecule has 0 saturated heterocycles. The lowest BCUT2D eigenvalue weighted by Gasteiger charge is -2.48. The lowest BCUT2D eigenvalue weighted by molar-refractivity contribution is 0.0259. The molecule has 4 unspecified atom stereocenters. The third kappa shape index (κ3) is 7.56. The summed E-state index contributed by atoms with van der Waals surface area (Å²) in [5, 5.41) is 3.37. The lowest BCUT2D eigenvalue weighted by Crippen LogP contribution is -2.40. The molecule has 244 valence electrons. The maximum atomic E-state index is 13.6. The van der Waals surface area contributed by atoms with Crippen molar-refractivity contribution in [1.82, 2.24) is 19.5 Å². The van der Waals surface area contributed by atoms with Crippen LogP contribution in [0, 0.1) is 68.6 Å². The molecule has 1 aliphatic carbocycles. The molecule has 3 aromatic rings. The zero-order valence-corrected chi connectivity index (χ0v) is 28.8. The zero-order valence-electron chi connectivity index (χ0n) is 28.8. The molecule has 1 amide bonds. The number of nitrogens with zero attached hydrogens (tertiary/aromatic N) is 6. The highest BCUT2D eigenvalue weighted by atomic mass is 16.6. The van der Waals surface area contributed by atoms with Gasteiger partial charge in [0.25, 0.3) is 5.69 Å². The molecule has 1 aromatic carbocycles. The number of fused-ring (bicyclic) bond motifs is 1. The Morgan fingerprint density at radius 1 is 1.13 bits per heavy atom. The van der Waals surface area contributed by atoms with Crippen molar-refractivity contribution in [3.8, 4) is 17.3 Å². The second-order valence-electron chi connectivity index (χ2n) is 14.7. The van der Waals surface area contributed by atoms with E-state index in [4.69, 9.17) is 29.4 Å². The van der Waals surface area contributed by atoms with E-state index >= 15 is 0 Å². The van der Waals surface area contributed by atoms with Crippen molar-refractivity contribution < 1.29 is 9.53 Å². The lowest BCUT2D eigenvalue weighted by atomic mass is 9.57. The molecular formula is C37H49N7O2. The van der Waals surface area contributed by atoms with Gasteiger partial charge in [-0.2, -0.15) is 0 Å². The number of amides is 1. The number of hydrogen-bond donors (Lipinski definition) is 1. The number of aryl methyl sites for hydroxylation is 2. The molecule has 0 aliphatic heterocycles. The number of carbonyl (C=O) groups is 1. The SMILES string of the molecule is [C-]#[N+]CCN(CC[N+]#[C-])C(=O)Oc1c([N+]#[C-])c(CC2C(CC(C)C)CC(C)CC2C(C)(C)C)c2nc(-c3cc(C)ccc3C)[nH]n12. The fraction of sp³-hybridized carbons (Fsp3) is 0.595. The Kier molecular flexibility index (Phi) is 10.8. The number of nitrogens with one attached hydrogen (secondary N) is 1. The van der Waals surface area contributed by atoms with Crippen LogP contribution >= 0.6 is 0 Å². The number of rotatable bonds is 10. The van der Waals surface area contributed by atoms with Crippen LogP contribution < -0.4 is 4.74 Å². The molecule has 4 atom stereocenters. The maximum Gasteiger partial charge on any atom is 0.415 e. The molecule has 1 fully saturated rings. The summed E-state index contributed by atoms with van der Waals surface area (Å²) in [5.74, 6) is 3.24. The predicted molar refractivity (Wildman–Crippen MR) is 183 cm³/mol. The topological polar surface area (TPSA) is 75.7 Å². The third-order valence-corrected chi connectivity index (χ3v) is 9.58. The Labute approximate surface area is 274 Å². The number of carbonyl (C=O) groups excluding carboxylic acids is 1. The minimum absolute atomic E-state index is 0.0860. The second kappa shape index (κ2) is 14.4. The molecule has 0 spiro atoms. The second-order valence-corrected chi connectivity index (χ2v) is 14.7. The van der Waals surface area contributed by atoms with Crippen LogP contribution in [-0.2, 0) is 6.42 Å². The van der Waals surface area contributed by atoms with Crippen molar-refractivity contribution in [2.75, 3.05) is 26.2 Å². The summed E-state index contributed by atoms with van der Waals surface area (Å²) >= 11 is 0. The molecule has 0 bridgehead atoms. The van der Waals surface area contributed by atoms with Crippen LogP contribution in [0.15, 0.2) is 18.2 Å². The van der Waals surface area contributed by atoms with Gasteiger partial charge >= 0.3 is 6.09 Å². The summed E-state index contributed by atoms with van der Waals surface area (Å²) in [6.45, 7) is 41.3. The molecule has 9 nitrogen and oxygen atoms in total. The molecule has 46 heavy (non-hydrogen) atoms. The van der Waals surface area contributed by atoms with Gasteiger partial charge in [0.2, 0.25) is 19.0 Å². The largest absolute Gasteiger partial charge is 0.415 e. The van der Waals surface area contributed by atoms with Gasteiger partial charge in [0.05, 0.1) is 19.7 Å². The van der Waals surface area contributed by atoms with Crippen molar-refractivity contribution in [3.05, 3.63) is 69.1 Å². The van der Waals surface area contributed by atoms with Gasteiger partial charge in [-0.05, 0) is 86.2 Å². The van der Waals surface area contributed by atoms with Gasteiger partial charge < -0.3 is 14.4 Å². The van der Waals surface area contributed by atoms with Gasteiger partial charge in [-0.1, -0.05) is 59.2 Å². The van der Waals surface area contributed by atoms with Gasteiger partial charge in [-0.25, -0.2) is 32.3 Å². The summed E-state index contributed by atoms with van der Waals surface area (Å²) in [4.78, 5) is 30.8. The smallest absolute Gasteiger partial charge is 0.402 e. The van der Waals surface area contributed by atoms with E-state index in [-0.39, 0.29) is 37.5 Å². The quantitative estimate of drug-likeness (QED) is 0.229. The summed E-state index contributed by atoms with van der Waals surface area (Å²) in [6.07, 6.45) is 3.41. The summed E-state index contributed by atoms with van der Waals surface area (Å²) < 4.78 is 7.70. The van der Waals surface area contributed by atoms with Crippen molar-refractivity contribution in [2.24, 2.45) is 35.0 Å². The number of aromatic amines is 1. The predicted octanol–water partition coefficient (Wildman–Crippen LogP) is 9.05. The molecule has 1 N–H and O–H groups in total. The summed E-state index contributed by atoms with van der Waals surface area (Å²) in [6, 6.07) is 6.22. The molecule has 9 heteroatoms. The first-order valence-electron chi connectivity index (χ1n) is 16.5. The van der Waals surface area contributed by atoms with Crippen molar-refractivity contribution in [1.29, 1.82) is 0 Å². The van der Waals surface area contributed by atoms with Crippen LogP contribution in [0.5, 0.6) is 5.88 Å². The zero-order chi connectivity index (χ0) is 33.8. The number of hydrogen-bond acceptors (Lipinski definition) is 3. The van der Waals surface area contributed by atoms with E-state index in [9.17, 15) is 4.79 Å². The molecule has 1 aliphatic rings. The maximum absolute atomic E-state index is 13.6.